The minimum Gasteiger partial charge on any atom is -0.313 e. The SMILES string of the molecule is CNC(c1ccc(Cl)c(Cl)c1)C1CC2CC2C1. The molecule has 17 heavy (non-hydrogen) atoms. The minimum absolute atomic E-state index is 0.428. The average Bonchev–Trinajstić information content (AvgIpc) is 2.92. The molecule has 1 N–H and O–H groups in total. The van der Waals surface area contributed by atoms with Crippen LogP contribution in [0.3, 0.4) is 0 Å². The van der Waals surface area contributed by atoms with Crippen LogP contribution >= 0.6 is 23.2 Å². The van der Waals surface area contributed by atoms with Gasteiger partial charge in [-0.3, -0.25) is 0 Å². The van der Waals surface area contributed by atoms with Crippen LogP contribution in [0.2, 0.25) is 10.0 Å². The predicted octanol–water partition coefficient (Wildman–Crippen LogP) is 4.30. The molecule has 3 rings (SSSR count). The van der Waals surface area contributed by atoms with Gasteiger partial charge in [0.2, 0.25) is 0 Å². The smallest absolute Gasteiger partial charge is 0.0595 e. The monoisotopic (exact) mass is 269 g/mol. The maximum absolute atomic E-state index is 6.10. The molecule has 0 amide bonds. The Labute approximate surface area is 112 Å². The maximum Gasteiger partial charge on any atom is 0.0595 e. The normalized spacial score (nSPS) is 32.3. The first-order valence-electron chi connectivity index (χ1n) is 6.31. The van der Waals surface area contributed by atoms with Crippen molar-refractivity contribution in [2.45, 2.75) is 25.3 Å². The van der Waals surface area contributed by atoms with Crippen LogP contribution < -0.4 is 5.32 Å². The van der Waals surface area contributed by atoms with Gasteiger partial charge in [0.1, 0.15) is 0 Å². The molecule has 0 aromatic heterocycles. The molecule has 3 atom stereocenters. The molecule has 92 valence electrons. The fourth-order valence-electron chi connectivity index (χ4n) is 3.41. The molecule has 1 nitrogen and oxygen atoms in total. The number of hydrogen-bond acceptors (Lipinski definition) is 1. The fraction of sp³-hybridized carbons (Fsp3) is 0.571. The van der Waals surface area contributed by atoms with E-state index < -0.39 is 0 Å². The molecule has 2 aliphatic carbocycles. The molecule has 0 heterocycles. The lowest BCUT2D eigenvalue weighted by Gasteiger charge is -2.25. The van der Waals surface area contributed by atoms with Crippen LogP contribution in [0, 0.1) is 17.8 Å². The summed E-state index contributed by atoms with van der Waals surface area (Å²) in [5.74, 6) is 2.79. The zero-order valence-corrected chi connectivity index (χ0v) is 11.4. The summed E-state index contributed by atoms with van der Waals surface area (Å²) in [5.41, 5.74) is 1.27. The number of hydrogen-bond donors (Lipinski definition) is 1. The molecule has 2 saturated carbocycles. The van der Waals surface area contributed by atoms with Crippen molar-refractivity contribution in [1.82, 2.24) is 5.32 Å². The molecule has 0 spiro atoms. The van der Waals surface area contributed by atoms with Crippen molar-refractivity contribution in [3.05, 3.63) is 33.8 Å². The Morgan fingerprint density at radius 2 is 1.82 bits per heavy atom. The van der Waals surface area contributed by atoms with Gasteiger partial charge < -0.3 is 5.32 Å². The van der Waals surface area contributed by atoms with E-state index in [2.05, 4.69) is 11.4 Å². The third-order valence-corrected chi connectivity index (χ3v) is 5.10. The van der Waals surface area contributed by atoms with Crippen LogP contribution in [0.4, 0.5) is 0 Å². The molecule has 0 bridgehead atoms. The molecule has 3 unspecified atom stereocenters. The molecule has 2 fully saturated rings. The molecule has 0 saturated heterocycles. The van der Waals surface area contributed by atoms with Crippen molar-refractivity contribution < 1.29 is 0 Å². The summed E-state index contributed by atoms with van der Waals surface area (Å²) in [6.07, 6.45) is 4.21. The average molecular weight is 270 g/mol. The zero-order valence-electron chi connectivity index (χ0n) is 9.92. The Hall–Kier alpha value is -0.240. The lowest BCUT2D eigenvalue weighted by Crippen LogP contribution is -2.24. The van der Waals surface area contributed by atoms with Gasteiger partial charge >= 0.3 is 0 Å². The largest absolute Gasteiger partial charge is 0.313 e. The maximum atomic E-state index is 6.10. The summed E-state index contributed by atoms with van der Waals surface area (Å²) >= 11 is 12.1. The van der Waals surface area contributed by atoms with Crippen LogP contribution in [-0.4, -0.2) is 7.05 Å². The Morgan fingerprint density at radius 1 is 1.12 bits per heavy atom. The molecule has 3 heteroatoms. The highest BCUT2D eigenvalue weighted by atomic mass is 35.5. The number of nitrogens with one attached hydrogen (secondary N) is 1. The standard InChI is InChI=1S/C14H17Cl2N/c1-17-14(11-5-9-4-10(9)6-11)8-2-3-12(15)13(16)7-8/h2-3,7,9-11,14,17H,4-6H2,1H3. The summed E-state index contributed by atoms with van der Waals surface area (Å²) < 4.78 is 0. The van der Waals surface area contributed by atoms with E-state index in [0.29, 0.717) is 16.1 Å². The van der Waals surface area contributed by atoms with E-state index in [1.807, 2.05) is 19.2 Å². The minimum atomic E-state index is 0.428. The Kier molecular flexibility index (Phi) is 3.10. The zero-order chi connectivity index (χ0) is 12.0. The quantitative estimate of drug-likeness (QED) is 0.863. The summed E-state index contributed by atoms with van der Waals surface area (Å²) in [7, 11) is 2.04. The highest BCUT2D eigenvalue weighted by molar-refractivity contribution is 6.42. The molecule has 1 aromatic carbocycles. The second-order valence-electron chi connectivity index (χ2n) is 5.43. The summed E-state index contributed by atoms with van der Waals surface area (Å²) in [4.78, 5) is 0. The second kappa shape index (κ2) is 4.46. The van der Waals surface area contributed by atoms with Crippen LogP contribution in [0.1, 0.15) is 30.9 Å². The third-order valence-electron chi connectivity index (χ3n) is 4.37. The first-order chi connectivity index (χ1) is 8.19. The molecule has 1 aromatic rings. The number of halogens is 2. The first-order valence-corrected chi connectivity index (χ1v) is 7.07. The highest BCUT2D eigenvalue weighted by Gasteiger charge is 2.47. The third kappa shape index (κ3) is 2.21. The van der Waals surface area contributed by atoms with Gasteiger partial charge in [-0.15, -0.1) is 0 Å². The van der Waals surface area contributed by atoms with Gasteiger partial charge in [0.15, 0.2) is 0 Å². The molecular weight excluding hydrogens is 253 g/mol. The van der Waals surface area contributed by atoms with Crippen molar-refractivity contribution in [2.24, 2.45) is 17.8 Å². The van der Waals surface area contributed by atoms with Gasteiger partial charge in [-0.25, -0.2) is 0 Å². The van der Waals surface area contributed by atoms with Crippen LogP contribution in [-0.2, 0) is 0 Å². The highest BCUT2D eigenvalue weighted by Crippen LogP contribution is 2.57. The van der Waals surface area contributed by atoms with E-state index in [0.717, 1.165) is 17.8 Å². The van der Waals surface area contributed by atoms with Crippen LogP contribution in [0.5, 0.6) is 0 Å². The van der Waals surface area contributed by atoms with Gasteiger partial charge in [0.25, 0.3) is 0 Å². The van der Waals surface area contributed by atoms with Crippen molar-refractivity contribution in [3.8, 4) is 0 Å². The van der Waals surface area contributed by atoms with E-state index in [1.54, 1.807) is 0 Å². The summed E-state index contributed by atoms with van der Waals surface area (Å²) in [5, 5.41) is 4.74. The number of benzene rings is 1. The number of fused-ring (bicyclic) bond motifs is 1. The topological polar surface area (TPSA) is 12.0 Å². The van der Waals surface area contributed by atoms with E-state index in [-0.39, 0.29) is 0 Å². The van der Waals surface area contributed by atoms with Gasteiger partial charge in [-0.1, -0.05) is 29.3 Å². The van der Waals surface area contributed by atoms with Crippen LogP contribution in [0.25, 0.3) is 0 Å². The predicted molar refractivity (Wildman–Crippen MR) is 72.6 cm³/mol. The second-order valence-corrected chi connectivity index (χ2v) is 6.24. The molecule has 2 aliphatic rings. The lowest BCUT2D eigenvalue weighted by atomic mass is 9.89. The van der Waals surface area contributed by atoms with Crippen molar-refractivity contribution in [2.75, 3.05) is 7.05 Å². The molecule has 0 aliphatic heterocycles. The van der Waals surface area contributed by atoms with Gasteiger partial charge in [-0.2, -0.15) is 0 Å². The van der Waals surface area contributed by atoms with E-state index >= 15 is 0 Å². The number of rotatable bonds is 3. The van der Waals surface area contributed by atoms with E-state index in [4.69, 9.17) is 23.2 Å². The Bertz CT molecular complexity index is 422. The summed E-state index contributed by atoms with van der Waals surface area (Å²) in [6, 6.07) is 6.44. The van der Waals surface area contributed by atoms with E-state index in [1.165, 1.54) is 24.8 Å². The van der Waals surface area contributed by atoms with Crippen LogP contribution in [0.15, 0.2) is 18.2 Å². The van der Waals surface area contributed by atoms with Crippen molar-refractivity contribution >= 4 is 23.2 Å². The Morgan fingerprint density at radius 3 is 2.41 bits per heavy atom. The van der Waals surface area contributed by atoms with Gasteiger partial charge in [0.05, 0.1) is 10.0 Å². The van der Waals surface area contributed by atoms with Gasteiger partial charge in [-0.05, 0) is 61.8 Å². The summed E-state index contributed by atoms with van der Waals surface area (Å²) in [6.45, 7) is 0. The van der Waals surface area contributed by atoms with Crippen molar-refractivity contribution in [3.63, 3.8) is 0 Å². The molecule has 0 radical (unpaired) electrons. The Balaban J connectivity index is 1.81. The first kappa shape index (κ1) is 11.8. The van der Waals surface area contributed by atoms with Gasteiger partial charge in [0, 0.05) is 6.04 Å². The lowest BCUT2D eigenvalue weighted by molar-refractivity contribution is 0.359. The fourth-order valence-corrected chi connectivity index (χ4v) is 3.72. The van der Waals surface area contributed by atoms with E-state index in [9.17, 15) is 0 Å². The molecular formula is C14H17Cl2N. The van der Waals surface area contributed by atoms with Crippen molar-refractivity contribution in [1.29, 1.82) is 0 Å².